The number of aromatic nitrogens is 1. The fraction of sp³-hybridized carbons (Fsp3) is 0.280. The van der Waals surface area contributed by atoms with Crippen LogP contribution in [0.15, 0.2) is 77.8 Å². The normalized spacial score (nSPS) is 15.8. The van der Waals surface area contributed by atoms with E-state index >= 15 is 0 Å². The van der Waals surface area contributed by atoms with Crippen LogP contribution >= 0.6 is 12.4 Å². The Balaban J connectivity index is 0.00000400. The predicted molar refractivity (Wildman–Crippen MR) is 133 cm³/mol. The molecule has 38 heavy (non-hydrogen) atoms. The number of carboxylic acids is 1. The van der Waals surface area contributed by atoms with Gasteiger partial charge in [0.2, 0.25) is 0 Å². The molecule has 0 atom stereocenters. The van der Waals surface area contributed by atoms with Gasteiger partial charge in [-0.05, 0) is 73.5 Å². The summed E-state index contributed by atoms with van der Waals surface area (Å²) in [6.07, 6.45) is -3.31. The zero-order valence-electron chi connectivity index (χ0n) is 19.8. The lowest BCUT2D eigenvalue weighted by molar-refractivity contribution is -0.274. The number of halogens is 4. The molecule has 1 aliphatic rings. The molecule has 1 saturated heterocycles. The number of nitrogens with zero attached hydrogens (tertiary/aromatic N) is 2. The van der Waals surface area contributed by atoms with Crippen molar-refractivity contribution in [1.29, 1.82) is 0 Å². The third-order valence-electron chi connectivity index (χ3n) is 6.11. The number of pyridine rings is 1. The van der Waals surface area contributed by atoms with Gasteiger partial charge in [0.05, 0.1) is 10.6 Å². The van der Waals surface area contributed by atoms with Crippen molar-refractivity contribution in [1.82, 2.24) is 9.88 Å². The van der Waals surface area contributed by atoms with Gasteiger partial charge in [-0.1, -0.05) is 6.07 Å². The molecule has 0 aliphatic carbocycles. The van der Waals surface area contributed by atoms with E-state index in [1.807, 2.05) is 17.0 Å². The molecule has 2 aromatic carbocycles. The number of ether oxygens (including phenoxy) is 2. The van der Waals surface area contributed by atoms with Gasteiger partial charge in [-0.3, -0.25) is 14.7 Å². The molecule has 4 rings (SSSR count). The lowest BCUT2D eigenvalue weighted by Gasteiger charge is -2.38. The number of carbonyl (C=O) groups is 1. The summed E-state index contributed by atoms with van der Waals surface area (Å²) in [5.74, 6) is -1.39. The molecule has 0 bridgehead atoms. The van der Waals surface area contributed by atoms with Gasteiger partial charge in [-0.25, -0.2) is 8.42 Å². The Kier molecular flexibility index (Phi) is 8.90. The zero-order chi connectivity index (χ0) is 26.7. The van der Waals surface area contributed by atoms with Crippen LogP contribution in [0.3, 0.4) is 0 Å². The average Bonchev–Trinajstić information content (AvgIpc) is 2.85. The van der Waals surface area contributed by atoms with Gasteiger partial charge in [-0.15, -0.1) is 25.6 Å². The fourth-order valence-corrected chi connectivity index (χ4v) is 6.04. The number of benzene rings is 2. The first-order valence-corrected chi connectivity index (χ1v) is 12.7. The first kappa shape index (κ1) is 29.2. The molecule has 0 saturated carbocycles. The van der Waals surface area contributed by atoms with Gasteiger partial charge in [-0.2, -0.15) is 0 Å². The third kappa shape index (κ3) is 6.55. The number of likely N-dealkylation sites (tertiary alicyclic amines) is 1. The highest BCUT2D eigenvalue weighted by atomic mass is 35.5. The average molecular weight is 573 g/mol. The minimum absolute atomic E-state index is 0. The summed E-state index contributed by atoms with van der Waals surface area (Å²) < 4.78 is 71.2. The molecule has 8 nitrogen and oxygen atoms in total. The standard InChI is InChI=1S/C25H23F3N2O6S.ClH/c26-25(27,28)36-21-6-4-19(5-7-21)35-20-8-10-22(11-9-20)37(33,34)24(23(31)32)12-15-30(16-13-24)17-18-3-1-2-14-29-18;/h1-11,14H,12-13,15-17H2,(H,31,32);1H. The number of sulfone groups is 1. The third-order valence-corrected chi connectivity index (χ3v) is 8.61. The Labute approximate surface area is 223 Å². The van der Waals surface area contributed by atoms with Crippen molar-refractivity contribution < 1.29 is 41.0 Å². The molecule has 2 heterocycles. The summed E-state index contributed by atoms with van der Waals surface area (Å²) in [6.45, 7) is 1.04. The highest BCUT2D eigenvalue weighted by Crippen LogP contribution is 2.37. The van der Waals surface area contributed by atoms with E-state index in [2.05, 4.69) is 9.72 Å². The first-order chi connectivity index (χ1) is 17.5. The quantitative estimate of drug-likeness (QED) is 0.398. The van der Waals surface area contributed by atoms with Gasteiger partial charge < -0.3 is 14.6 Å². The number of aliphatic carboxylic acids is 1. The van der Waals surface area contributed by atoms with Crippen molar-refractivity contribution in [2.45, 2.75) is 35.4 Å². The van der Waals surface area contributed by atoms with E-state index in [0.717, 1.165) is 17.8 Å². The van der Waals surface area contributed by atoms with Crippen LogP contribution in [0.25, 0.3) is 0 Å². The maximum absolute atomic E-state index is 13.5. The van der Waals surface area contributed by atoms with Crippen molar-refractivity contribution in [2.24, 2.45) is 0 Å². The molecular formula is C25H24ClF3N2O6S. The second-order valence-electron chi connectivity index (χ2n) is 8.49. The zero-order valence-corrected chi connectivity index (χ0v) is 21.4. The number of piperidine rings is 1. The molecule has 1 N–H and O–H groups in total. The maximum Gasteiger partial charge on any atom is 0.573 e. The van der Waals surface area contributed by atoms with Crippen LogP contribution in [0.2, 0.25) is 0 Å². The minimum atomic E-state index is -4.81. The highest BCUT2D eigenvalue weighted by molar-refractivity contribution is 7.93. The van der Waals surface area contributed by atoms with Crippen molar-refractivity contribution in [3.63, 3.8) is 0 Å². The molecular weight excluding hydrogens is 549 g/mol. The van der Waals surface area contributed by atoms with E-state index in [0.29, 0.717) is 6.54 Å². The number of rotatable bonds is 8. The van der Waals surface area contributed by atoms with Gasteiger partial charge in [0.15, 0.2) is 14.6 Å². The fourth-order valence-electron chi connectivity index (χ4n) is 4.15. The molecule has 1 aliphatic heterocycles. The summed E-state index contributed by atoms with van der Waals surface area (Å²) in [5.41, 5.74) is 0.811. The Morgan fingerprint density at radius 2 is 1.50 bits per heavy atom. The SMILES string of the molecule is Cl.O=C(O)C1(S(=O)(=O)c2ccc(Oc3ccc(OC(F)(F)F)cc3)cc2)CCN(Cc2ccccn2)CC1. The lowest BCUT2D eigenvalue weighted by atomic mass is 9.95. The molecule has 13 heteroatoms. The minimum Gasteiger partial charge on any atom is -0.480 e. The van der Waals surface area contributed by atoms with E-state index < -0.39 is 32.7 Å². The predicted octanol–water partition coefficient (Wildman–Crippen LogP) is 5.09. The van der Waals surface area contributed by atoms with Gasteiger partial charge >= 0.3 is 12.3 Å². The van der Waals surface area contributed by atoms with Gasteiger partial charge in [0, 0.05) is 25.8 Å². The number of hydrogen-bond acceptors (Lipinski definition) is 7. The van der Waals surface area contributed by atoms with Crippen LogP contribution in [-0.4, -0.2) is 53.6 Å². The van der Waals surface area contributed by atoms with Crippen molar-refractivity contribution in [3.8, 4) is 17.2 Å². The number of carboxylic acid groups (broad SMARTS) is 1. The number of alkyl halides is 3. The smallest absolute Gasteiger partial charge is 0.480 e. The monoisotopic (exact) mass is 572 g/mol. The van der Waals surface area contributed by atoms with E-state index in [-0.39, 0.29) is 54.7 Å². The van der Waals surface area contributed by atoms with Crippen LogP contribution in [0.4, 0.5) is 13.2 Å². The second kappa shape index (κ2) is 11.6. The van der Waals surface area contributed by atoms with E-state index in [9.17, 15) is 31.5 Å². The van der Waals surface area contributed by atoms with Gasteiger partial charge in [0.25, 0.3) is 0 Å². The number of hydrogen-bond donors (Lipinski definition) is 1. The molecule has 0 amide bonds. The summed E-state index contributed by atoms with van der Waals surface area (Å²) in [5, 5.41) is 9.99. The topological polar surface area (TPSA) is 106 Å². The second-order valence-corrected chi connectivity index (χ2v) is 10.8. The van der Waals surface area contributed by atoms with Crippen LogP contribution in [0.1, 0.15) is 18.5 Å². The Morgan fingerprint density at radius 1 is 0.947 bits per heavy atom. The van der Waals surface area contributed by atoms with Crippen molar-refractivity contribution >= 4 is 28.2 Å². The van der Waals surface area contributed by atoms with Crippen molar-refractivity contribution in [3.05, 3.63) is 78.6 Å². The summed E-state index contributed by atoms with van der Waals surface area (Å²) in [4.78, 5) is 18.3. The summed E-state index contributed by atoms with van der Waals surface area (Å²) in [7, 11) is -4.25. The summed E-state index contributed by atoms with van der Waals surface area (Å²) in [6, 6.07) is 15.4. The largest absolute Gasteiger partial charge is 0.573 e. The first-order valence-electron chi connectivity index (χ1n) is 11.2. The van der Waals surface area contributed by atoms with Crippen LogP contribution in [0.5, 0.6) is 17.2 Å². The lowest BCUT2D eigenvalue weighted by Crippen LogP contribution is -2.54. The highest BCUT2D eigenvalue weighted by Gasteiger charge is 2.53. The molecule has 1 fully saturated rings. The molecule has 204 valence electrons. The summed E-state index contributed by atoms with van der Waals surface area (Å²) >= 11 is 0. The van der Waals surface area contributed by atoms with Crippen LogP contribution in [0, 0.1) is 0 Å². The van der Waals surface area contributed by atoms with E-state index in [1.165, 1.54) is 36.4 Å². The Morgan fingerprint density at radius 3 is 2.00 bits per heavy atom. The van der Waals surface area contributed by atoms with Gasteiger partial charge in [0.1, 0.15) is 17.2 Å². The molecule has 1 aromatic heterocycles. The Hall–Kier alpha value is -3.35. The molecule has 0 radical (unpaired) electrons. The van der Waals surface area contributed by atoms with E-state index in [4.69, 9.17) is 4.74 Å². The molecule has 0 spiro atoms. The Bertz CT molecular complexity index is 1330. The molecule has 0 unspecified atom stereocenters. The molecule has 3 aromatic rings. The van der Waals surface area contributed by atoms with Crippen LogP contribution < -0.4 is 9.47 Å². The van der Waals surface area contributed by atoms with Crippen LogP contribution in [-0.2, 0) is 21.2 Å². The van der Waals surface area contributed by atoms with Crippen molar-refractivity contribution in [2.75, 3.05) is 13.1 Å². The van der Waals surface area contributed by atoms with E-state index in [1.54, 1.807) is 12.3 Å². The maximum atomic E-state index is 13.5.